The molecule has 2 rings (SSSR count). The van der Waals surface area contributed by atoms with Crippen LogP contribution in [0.4, 0.5) is 5.69 Å². The van der Waals surface area contributed by atoms with Gasteiger partial charge in [0.25, 0.3) is 5.91 Å². The first-order chi connectivity index (χ1) is 9.06. The first-order valence-electron chi connectivity index (χ1n) is 6.03. The van der Waals surface area contributed by atoms with Gasteiger partial charge in [-0.3, -0.25) is 4.79 Å². The lowest BCUT2D eigenvalue weighted by atomic mass is 10.2. The fourth-order valence-corrected chi connectivity index (χ4v) is 1.67. The maximum absolute atomic E-state index is 12.0. The molecule has 0 saturated heterocycles. The Morgan fingerprint density at radius 3 is 2.84 bits per heavy atom. The summed E-state index contributed by atoms with van der Waals surface area (Å²) in [4.78, 5) is 18.0. The SMILES string of the molecule is Cc1cnc(CNC(=O)c2cccc(N(C)C)c2)o1. The maximum atomic E-state index is 12.0. The van der Waals surface area contributed by atoms with E-state index in [1.807, 2.05) is 44.1 Å². The summed E-state index contributed by atoms with van der Waals surface area (Å²) in [6.45, 7) is 2.11. The monoisotopic (exact) mass is 259 g/mol. The summed E-state index contributed by atoms with van der Waals surface area (Å²) in [6.07, 6.45) is 1.63. The number of hydrogen-bond donors (Lipinski definition) is 1. The summed E-state index contributed by atoms with van der Waals surface area (Å²) in [5.41, 5.74) is 1.61. The fourth-order valence-electron chi connectivity index (χ4n) is 1.67. The summed E-state index contributed by atoms with van der Waals surface area (Å²) < 4.78 is 5.30. The van der Waals surface area contributed by atoms with E-state index in [-0.39, 0.29) is 5.91 Å². The molecule has 5 heteroatoms. The number of anilines is 1. The van der Waals surface area contributed by atoms with Gasteiger partial charge in [-0.15, -0.1) is 0 Å². The van der Waals surface area contributed by atoms with Crippen LogP contribution in [0.15, 0.2) is 34.9 Å². The molecule has 0 aliphatic rings. The smallest absolute Gasteiger partial charge is 0.251 e. The Kier molecular flexibility index (Phi) is 3.85. The van der Waals surface area contributed by atoms with Gasteiger partial charge in [0.1, 0.15) is 5.76 Å². The molecule has 0 fully saturated rings. The molecule has 0 unspecified atom stereocenters. The molecule has 1 aromatic carbocycles. The van der Waals surface area contributed by atoms with E-state index in [0.29, 0.717) is 18.0 Å². The van der Waals surface area contributed by atoms with Crippen LogP contribution in [0.25, 0.3) is 0 Å². The number of oxazole rings is 1. The number of aromatic nitrogens is 1. The highest BCUT2D eigenvalue weighted by Gasteiger charge is 2.08. The first kappa shape index (κ1) is 13.1. The number of hydrogen-bond acceptors (Lipinski definition) is 4. The zero-order valence-electron chi connectivity index (χ0n) is 11.3. The van der Waals surface area contributed by atoms with Gasteiger partial charge in [0.15, 0.2) is 0 Å². The van der Waals surface area contributed by atoms with E-state index in [4.69, 9.17) is 4.42 Å². The number of amides is 1. The van der Waals surface area contributed by atoms with E-state index in [9.17, 15) is 4.79 Å². The third-order valence-electron chi connectivity index (χ3n) is 2.69. The number of carbonyl (C=O) groups is 1. The van der Waals surface area contributed by atoms with Crippen molar-refractivity contribution >= 4 is 11.6 Å². The van der Waals surface area contributed by atoms with Crippen molar-refractivity contribution in [1.82, 2.24) is 10.3 Å². The molecule has 1 amide bonds. The Hall–Kier alpha value is -2.30. The van der Waals surface area contributed by atoms with Gasteiger partial charge in [-0.1, -0.05) is 6.07 Å². The quantitative estimate of drug-likeness (QED) is 0.912. The predicted molar refractivity (Wildman–Crippen MR) is 73.2 cm³/mol. The maximum Gasteiger partial charge on any atom is 0.251 e. The molecule has 0 bridgehead atoms. The predicted octanol–water partition coefficient (Wildman–Crippen LogP) is 1.98. The van der Waals surface area contributed by atoms with Gasteiger partial charge in [0.2, 0.25) is 5.89 Å². The van der Waals surface area contributed by atoms with Crippen molar-refractivity contribution in [1.29, 1.82) is 0 Å². The van der Waals surface area contributed by atoms with Crippen molar-refractivity contribution in [3.8, 4) is 0 Å². The molecule has 100 valence electrons. The second-order valence-corrected chi connectivity index (χ2v) is 4.49. The van der Waals surface area contributed by atoms with E-state index < -0.39 is 0 Å². The molecule has 0 saturated carbocycles. The molecule has 0 atom stereocenters. The van der Waals surface area contributed by atoms with E-state index in [1.54, 1.807) is 12.3 Å². The van der Waals surface area contributed by atoms with Crippen LogP contribution in [0.3, 0.4) is 0 Å². The minimum absolute atomic E-state index is 0.139. The van der Waals surface area contributed by atoms with E-state index >= 15 is 0 Å². The molecule has 0 aliphatic heterocycles. The highest BCUT2D eigenvalue weighted by molar-refractivity contribution is 5.95. The first-order valence-corrected chi connectivity index (χ1v) is 6.03. The van der Waals surface area contributed by atoms with E-state index in [1.165, 1.54) is 0 Å². The van der Waals surface area contributed by atoms with Crippen LogP contribution in [-0.2, 0) is 6.54 Å². The Balaban J connectivity index is 2.01. The van der Waals surface area contributed by atoms with Gasteiger partial charge in [0.05, 0.1) is 12.7 Å². The molecule has 5 nitrogen and oxygen atoms in total. The van der Waals surface area contributed by atoms with Gasteiger partial charge in [-0.2, -0.15) is 0 Å². The van der Waals surface area contributed by atoms with Crippen molar-refractivity contribution in [2.24, 2.45) is 0 Å². The summed E-state index contributed by atoms with van der Waals surface area (Å²) in [5.74, 6) is 1.10. The van der Waals surface area contributed by atoms with E-state index in [2.05, 4.69) is 10.3 Å². The van der Waals surface area contributed by atoms with Gasteiger partial charge in [0, 0.05) is 25.3 Å². The molecule has 19 heavy (non-hydrogen) atoms. The van der Waals surface area contributed by atoms with Crippen molar-refractivity contribution < 1.29 is 9.21 Å². The summed E-state index contributed by atoms with van der Waals surface area (Å²) in [6, 6.07) is 7.44. The van der Waals surface area contributed by atoms with Crippen molar-refractivity contribution in [2.75, 3.05) is 19.0 Å². The Bertz CT molecular complexity index is 576. The molecule has 2 aromatic rings. The third kappa shape index (κ3) is 3.34. The van der Waals surface area contributed by atoms with Crippen LogP contribution >= 0.6 is 0 Å². The lowest BCUT2D eigenvalue weighted by Crippen LogP contribution is -2.23. The fraction of sp³-hybridized carbons (Fsp3) is 0.286. The third-order valence-corrected chi connectivity index (χ3v) is 2.69. The largest absolute Gasteiger partial charge is 0.444 e. The average molecular weight is 259 g/mol. The zero-order chi connectivity index (χ0) is 13.8. The lowest BCUT2D eigenvalue weighted by molar-refractivity contribution is 0.0947. The minimum atomic E-state index is -0.139. The number of benzene rings is 1. The van der Waals surface area contributed by atoms with E-state index in [0.717, 1.165) is 11.4 Å². The highest BCUT2D eigenvalue weighted by Crippen LogP contribution is 2.13. The van der Waals surface area contributed by atoms with Crippen LogP contribution in [-0.4, -0.2) is 25.0 Å². The second-order valence-electron chi connectivity index (χ2n) is 4.49. The zero-order valence-corrected chi connectivity index (χ0v) is 11.3. The number of nitrogens with one attached hydrogen (secondary N) is 1. The Morgan fingerprint density at radius 1 is 1.42 bits per heavy atom. The summed E-state index contributed by atoms with van der Waals surface area (Å²) in [7, 11) is 3.87. The standard InChI is InChI=1S/C14H17N3O2/c1-10-8-15-13(19-10)9-16-14(18)11-5-4-6-12(7-11)17(2)3/h4-8H,9H2,1-3H3,(H,16,18). The number of rotatable bonds is 4. The Labute approximate surface area is 112 Å². The number of aryl methyl sites for hydroxylation is 1. The lowest BCUT2D eigenvalue weighted by Gasteiger charge is -2.13. The number of nitrogens with zero attached hydrogens (tertiary/aromatic N) is 2. The van der Waals surface area contributed by atoms with Crippen molar-refractivity contribution in [3.63, 3.8) is 0 Å². The highest BCUT2D eigenvalue weighted by atomic mass is 16.4. The second kappa shape index (κ2) is 5.56. The molecule has 1 N–H and O–H groups in total. The molecule has 1 heterocycles. The molecular formula is C14H17N3O2. The normalized spacial score (nSPS) is 10.3. The molecule has 1 aromatic heterocycles. The van der Waals surface area contributed by atoms with Crippen LogP contribution in [0.1, 0.15) is 22.0 Å². The minimum Gasteiger partial charge on any atom is -0.444 e. The molecular weight excluding hydrogens is 242 g/mol. The van der Waals surface area contributed by atoms with Crippen LogP contribution in [0.2, 0.25) is 0 Å². The van der Waals surface area contributed by atoms with Gasteiger partial charge >= 0.3 is 0 Å². The molecule has 0 spiro atoms. The topological polar surface area (TPSA) is 58.4 Å². The summed E-state index contributed by atoms with van der Waals surface area (Å²) >= 11 is 0. The van der Waals surface area contributed by atoms with Gasteiger partial charge < -0.3 is 14.6 Å². The van der Waals surface area contributed by atoms with Crippen LogP contribution < -0.4 is 10.2 Å². The Morgan fingerprint density at radius 2 is 2.21 bits per heavy atom. The molecule has 0 aliphatic carbocycles. The van der Waals surface area contributed by atoms with Crippen LogP contribution in [0, 0.1) is 6.92 Å². The average Bonchev–Trinajstić information content (AvgIpc) is 2.82. The molecule has 0 radical (unpaired) electrons. The van der Waals surface area contributed by atoms with Gasteiger partial charge in [-0.25, -0.2) is 4.98 Å². The van der Waals surface area contributed by atoms with Gasteiger partial charge in [-0.05, 0) is 25.1 Å². The van der Waals surface area contributed by atoms with Crippen molar-refractivity contribution in [3.05, 3.63) is 47.7 Å². The van der Waals surface area contributed by atoms with Crippen molar-refractivity contribution in [2.45, 2.75) is 13.5 Å². The number of carbonyl (C=O) groups excluding carboxylic acids is 1. The van der Waals surface area contributed by atoms with Crippen LogP contribution in [0.5, 0.6) is 0 Å². The summed E-state index contributed by atoms with van der Waals surface area (Å²) in [5, 5.41) is 2.78.